The Bertz CT molecular complexity index is 851. The van der Waals surface area contributed by atoms with Crippen LogP contribution in [0.4, 0.5) is 5.69 Å². The number of rotatable bonds is 4. The van der Waals surface area contributed by atoms with Gasteiger partial charge in [-0.05, 0) is 35.9 Å². The summed E-state index contributed by atoms with van der Waals surface area (Å²) in [7, 11) is 1.58. The molecule has 2 aromatic carbocycles. The summed E-state index contributed by atoms with van der Waals surface area (Å²) in [4.78, 5) is 12.3. The second-order valence-corrected chi connectivity index (χ2v) is 5.26. The summed E-state index contributed by atoms with van der Waals surface area (Å²) < 4.78 is 16.0. The van der Waals surface area contributed by atoms with Crippen LogP contribution >= 0.6 is 0 Å². The minimum absolute atomic E-state index is 0.0000518. The lowest BCUT2D eigenvalue weighted by molar-refractivity contribution is -0.112. The van der Waals surface area contributed by atoms with Crippen molar-refractivity contribution in [3.8, 4) is 23.3 Å². The third-order valence-corrected chi connectivity index (χ3v) is 3.59. The predicted octanol–water partition coefficient (Wildman–Crippen LogP) is 3.01. The molecule has 0 aromatic heterocycles. The second-order valence-electron chi connectivity index (χ2n) is 5.26. The van der Waals surface area contributed by atoms with E-state index in [0.29, 0.717) is 36.1 Å². The summed E-state index contributed by atoms with van der Waals surface area (Å²) in [6.45, 7) is 0.965. The van der Waals surface area contributed by atoms with Gasteiger partial charge in [-0.25, -0.2) is 0 Å². The van der Waals surface area contributed by atoms with E-state index in [2.05, 4.69) is 5.32 Å². The Morgan fingerprint density at radius 3 is 2.56 bits per heavy atom. The first kappa shape index (κ1) is 16.4. The van der Waals surface area contributed by atoms with Crippen molar-refractivity contribution >= 4 is 17.7 Å². The van der Waals surface area contributed by atoms with Crippen molar-refractivity contribution in [1.82, 2.24) is 0 Å². The third kappa shape index (κ3) is 3.90. The van der Waals surface area contributed by atoms with Gasteiger partial charge in [0.2, 0.25) is 0 Å². The van der Waals surface area contributed by atoms with Crippen molar-refractivity contribution in [1.29, 1.82) is 5.26 Å². The summed E-state index contributed by atoms with van der Waals surface area (Å²) in [5.41, 5.74) is 1.26. The molecule has 0 saturated heterocycles. The summed E-state index contributed by atoms with van der Waals surface area (Å²) in [5.74, 6) is 1.42. The van der Waals surface area contributed by atoms with Crippen molar-refractivity contribution in [2.45, 2.75) is 0 Å². The molecule has 0 bridgehead atoms. The molecule has 6 nitrogen and oxygen atoms in total. The fraction of sp³-hybridized carbons (Fsp3) is 0.158. The van der Waals surface area contributed by atoms with E-state index in [-0.39, 0.29) is 5.57 Å². The Kier molecular flexibility index (Phi) is 4.86. The molecule has 0 radical (unpaired) electrons. The lowest BCUT2D eigenvalue weighted by atomic mass is 10.1. The number of amides is 1. The van der Waals surface area contributed by atoms with E-state index in [4.69, 9.17) is 14.2 Å². The maximum atomic E-state index is 12.3. The van der Waals surface area contributed by atoms with Gasteiger partial charge in [-0.15, -0.1) is 0 Å². The fourth-order valence-corrected chi connectivity index (χ4v) is 2.33. The number of methoxy groups -OCH3 is 1. The molecule has 1 N–H and O–H groups in total. The van der Waals surface area contributed by atoms with Crippen LogP contribution < -0.4 is 19.5 Å². The SMILES string of the molecule is COc1ccc(/C=C(\C#N)C(=O)Nc2ccc3c(c2)OCCO3)cc1. The molecular formula is C19H16N2O4. The number of nitriles is 1. The van der Waals surface area contributed by atoms with Crippen LogP contribution in [-0.4, -0.2) is 26.2 Å². The Morgan fingerprint density at radius 2 is 1.88 bits per heavy atom. The molecule has 6 heteroatoms. The lowest BCUT2D eigenvalue weighted by Gasteiger charge is -2.18. The van der Waals surface area contributed by atoms with Crippen molar-refractivity contribution in [2.24, 2.45) is 0 Å². The molecular weight excluding hydrogens is 320 g/mol. The number of hydrogen-bond donors (Lipinski definition) is 1. The summed E-state index contributed by atoms with van der Waals surface area (Å²) in [6.07, 6.45) is 1.52. The average Bonchev–Trinajstić information content (AvgIpc) is 2.66. The smallest absolute Gasteiger partial charge is 0.266 e. The molecule has 0 unspecified atom stereocenters. The Labute approximate surface area is 145 Å². The standard InChI is InChI=1S/C19H16N2O4/c1-23-16-5-2-13(3-6-16)10-14(12-20)19(22)21-15-4-7-17-18(11-15)25-9-8-24-17/h2-7,10-11H,8-9H2,1H3,(H,21,22)/b14-10+. The highest BCUT2D eigenvalue weighted by Gasteiger charge is 2.14. The van der Waals surface area contributed by atoms with Crippen LogP contribution in [0.2, 0.25) is 0 Å². The first-order valence-corrected chi connectivity index (χ1v) is 7.66. The van der Waals surface area contributed by atoms with Gasteiger partial charge < -0.3 is 19.5 Å². The quantitative estimate of drug-likeness (QED) is 0.686. The number of anilines is 1. The van der Waals surface area contributed by atoms with Crippen LogP contribution in [0.1, 0.15) is 5.56 Å². The molecule has 1 heterocycles. The van der Waals surface area contributed by atoms with Crippen molar-refractivity contribution in [3.05, 3.63) is 53.6 Å². The van der Waals surface area contributed by atoms with E-state index in [1.54, 1.807) is 49.6 Å². The monoisotopic (exact) mass is 336 g/mol. The van der Waals surface area contributed by atoms with Crippen LogP contribution in [0.15, 0.2) is 48.0 Å². The van der Waals surface area contributed by atoms with Crippen molar-refractivity contribution in [3.63, 3.8) is 0 Å². The van der Waals surface area contributed by atoms with Crippen LogP contribution in [0, 0.1) is 11.3 Å². The van der Waals surface area contributed by atoms with E-state index in [1.165, 1.54) is 6.08 Å². The van der Waals surface area contributed by atoms with Crippen molar-refractivity contribution < 1.29 is 19.0 Å². The fourth-order valence-electron chi connectivity index (χ4n) is 2.33. The number of nitrogens with zero attached hydrogens (tertiary/aromatic N) is 1. The molecule has 0 spiro atoms. The Morgan fingerprint density at radius 1 is 1.16 bits per heavy atom. The minimum Gasteiger partial charge on any atom is -0.497 e. The first-order valence-electron chi connectivity index (χ1n) is 7.66. The number of hydrogen-bond acceptors (Lipinski definition) is 5. The zero-order chi connectivity index (χ0) is 17.6. The van der Waals surface area contributed by atoms with Crippen LogP contribution in [-0.2, 0) is 4.79 Å². The van der Waals surface area contributed by atoms with Crippen LogP contribution in [0.25, 0.3) is 6.08 Å². The molecule has 1 aliphatic rings. The second kappa shape index (κ2) is 7.41. The summed E-state index contributed by atoms with van der Waals surface area (Å²) >= 11 is 0. The van der Waals surface area contributed by atoms with E-state index < -0.39 is 5.91 Å². The molecule has 1 aliphatic heterocycles. The zero-order valence-electron chi connectivity index (χ0n) is 13.6. The van der Waals surface area contributed by atoms with Gasteiger partial charge in [-0.1, -0.05) is 12.1 Å². The normalized spacial score (nSPS) is 12.9. The topological polar surface area (TPSA) is 80.6 Å². The molecule has 0 saturated carbocycles. The highest BCUT2D eigenvalue weighted by molar-refractivity contribution is 6.09. The molecule has 0 aliphatic carbocycles. The van der Waals surface area contributed by atoms with Crippen LogP contribution in [0.3, 0.4) is 0 Å². The van der Waals surface area contributed by atoms with Gasteiger partial charge in [0.25, 0.3) is 5.91 Å². The molecule has 25 heavy (non-hydrogen) atoms. The van der Waals surface area contributed by atoms with Gasteiger partial charge in [0.05, 0.1) is 7.11 Å². The van der Waals surface area contributed by atoms with Crippen molar-refractivity contribution in [2.75, 3.05) is 25.6 Å². The van der Waals surface area contributed by atoms with Gasteiger partial charge in [0.15, 0.2) is 11.5 Å². The highest BCUT2D eigenvalue weighted by Crippen LogP contribution is 2.32. The molecule has 0 atom stereocenters. The number of benzene rings is 2. The van der Waals surface area contributed by atoms with Gasteiger partial charge in [-0.2, -0.15) is 5.26 Å². The van der Waals surface area contributed by atoms with Crippen LogP contribution in [0.5, 0.6) is 17.2 Å². The van der Waals surface area contributed by atoms with E-state index in [0.717, 1.165) is 5.56 Å². The summed E-state index contributed by atoms with van der Waals surface area (Å²) in [6, 6.07) is 14.1. The summed E-state index contributed by atoms with van der Waals surface area (Å²) in [5, 5.41) is 12.0. The number of carbonyl (C=O) groups excluding carboxylic acids is 1. The molecule has 1 amide bonds. The molecule has 2 aromatic rings. The minimum atomic E-state index is -0.491. The van der Waals surface area contributed by atoms with Gasteiger partial charge >= 0.3 is 0 Å². The maximum absolute atomic E-state index is 12.3. The van der Waals surface area contributed by atoms with E-state index in [1.807, 2.05) is 6.07 Å². The van der Waals surface area contributed by atoms with Gasteiger partial charge in [0.1, 0.15) is 30.6 Å². The predicted molar refractivity (Wildman–Crippen MR) is 92.6 cm³/mol. The Hall–Kier alpha value is -3.46. The van der Waals surface area contributed by atoms with Gasteiger partial charge in [0, 0.05) is 11.8 Å². The van der Waals surface area contributed by atoms with E-state index in [9.17, 15) is 10.1 Å². The number of fused-ring (bicyclic) bond motifs is 1. The highest BCUT2D eigenvalue weighted by atomic mass is 16.6. The number of nitrogens with one attached hydrogen (secondary N) is 1. The molecule has 126 valence electrons. The van der Waals surface area contributed by atoms with E-state index >= 15 is 0 Å². The first-order chi connectivity index (χ1) is 12.2. The third-order valence-electron chi connectivity index (χ3n) is 3.59. The molecule has 0 fully saturated rings. The van der Waals surface area contributed by atoms with Gasteiger partial charge in [-0.3, -0.25) is 4.79 Å². The number of ether oxygens (including phenoxy) is 3. The molecule has 3 rings (SSSR count). The average molecular weight is 336 g/mol. The largest absolute Gasteiger partial charge is 0.497 e. The maximum Gasteiger partial charge on any atom is 0.266 e. The Balaban J connectivity index is 1.76. The lowest BCUT2D eigenvalue weighted by Crippen LogP contribution is -2.17. The zero-order valence-corrected chi connectivity index (χ0v) is 13.6. The number of carbonyl (C=O) groups is 1.